The van der Waals surface area contributed by atoms with Crippen molar-refractivity contribution < 1.29 is 24.2 Å². The summed E-state index contributed by atoms with van der Waals surface area (Å²) in [6, 6.07) is 16.0. The fraction of sp³-hybridized carbons (Fsp3) is 0.484. The standard InChI is InChI=1S/C31H37N5O5/c1-35-17-26(33-34-30(39)32-16-19-10-12-20(13-11-19)29(37)38)28-27(35)14-15-36(28)31(40)41-18-25-23-8-4-2-6-21(23)22-7-3-5-9-24(22)25/h2-9,19-20,25,27-28H,10-18H2,1H3,(H,37,38)(H2,32,34,39)/b33-26+. The Labute approximate surface area is 239 Å². The lowest BCUT2D eigenvalue weighted by atomic mass is 9.82. The van der Waals surface area contributed by atoms with Crippen molar-refractivity contribution in [3.05, 3.63) is 59.7 Å². The Morgan fingerprint density at radius 2 is 1.63 bits per heavy atom. The predicted octanol–water partition coefficient (Wildman–Crippen LogP) is 3.87. The van der Waals surface area contributed by atoms with Crippen LogP contribution in [0.3, 0.4) is 0 Å². The summed E-state index contributed by atoms with van der Waals surface area (Å²) in [4.78, 5) is 41.0. The second-order valence-electron chi connectivity index (χ2n) is 11.7. The van der Waals surface area contributed by atoms with Crippen LogP contribution in [-0.2, 0) is 9.53 Å². The summed E-state index contributed by atoms with van der Waals surface area (Å²) in [5.41, 5.74) is 8.09. The largest absolute Gasteiger partial charge is 0.481 e. The van der Waals surface area contributed by atoms with Crippen molar-refractivity contribution in [2.24, 2.45) is 16.9 Å². The van der Waals surface area contributed by atoms with Crippen LogP contribution < -0.4 is 10.7 Å². The molecule has 1 saturated carbocycles. The minimum Gasteiger partial charge on any atom is -0.481 e. The second kappa shape index (κ2) is 11.5. The van der Waals surface area contributed by atoms with Crippen molar-refractivity contribution >= 4 is 23.8 Å². The maximum Gasteiger partial charge on any atom is 0.410 e. The number of aliphatic carboxylic acids is 1. The zero-order valence-electron chi connectivity index (χ0n) is 23.3. The van der Waals surface area contributed by atoms with Crippen molar-refractivity contribution in [3.8, 4) is 11.1 Å². The number of likely N-dealkylation sites (N-methyl/N-ethyl adjacent to an activating group) is 1. The van der Waals surface area contributed by atoms with Gasteiger partial charge in [0.15, 0.2) is 0 Å². The van der Waals surface area contributed by atoms with Crippen LogP contribution in [0.2, 0.25) is 0 Å². The van der Waals surface area contributed by atoms with Crippen LogP contribution in [0.1, 0.15) is 49.1 Å². The number of carbonyl (C=O) groups is 3. The third kappa shape index (κ3) is 5.40. The van der Waals surface area contributed by atoms with E-state index in [-0.39, 0.29) is 42.5 Å². The topological polar surface area (TPSA) is 124 Å². The van der Waals surface area contributed by atoms with Crippen LogP contribution in [0, 0.1) is 11.8 Å². The monoisotopic (exact) mass is 559 g/mol. The summed E-state index contributed by atoms with van der Waals surface area (Å²) < 4.78 is 5.95. The molecule has 4 aliphatic rings. The summed E-state index contributed by atoms with van der Waals surface area (Å²) in [5, 5.41) is 16.5. The highest BCUT2D eigenvalue weighted by Gasteiger charge is 2.48. The van der Waals surface area contributed by atoms with Gasteiger partial charge in [0.05, 0.1) is 17.7 Å². The minimum atomic E-state index is -0.733. The third-order valence-corrected chi connectivity index (χ3v) is 9.30. The molecule has 2 aromatic carbocycles. The van der Waals surface area contributed by atoms with Gasteiger partial charge in [-0.1, -0.05) is 48.5 Å². The van der Waals surface area contributed by atoms with Gasteiger partial charge in [-0.15, -0.1) is 0 Å². The van der Waals surface area contributed by atoms with Gasteiger partial charge in [-0.3, -0.25) is 14.6 Å². The fourth-order valence-electron chi connectivity index (χ4n) is 7.10. The summed E-state index contributed by atoms with van der Waals surface area (Å²) in [7, 11) is 2.01. The van der Waals surface area contributed by atoms with Crippen LogP contribution in [0.25, 0.3) is 11.1 Å². The molecular formula is C31H37N5O5. The lowest BCUT2D eigenvalue weighted by Crippen LogP contribution is -2.44. The van der Waals surface area contributed by atoms with E-state index in [0.717, 1.165) is 25.0 Å². The molecule has 3 N–H and O–H groups in total. The first-order valence-corrected chi connectivity index (χ1v) is 14.6. The van der Waals surface area contributed by atoms with E-state index >= 15 is 0 Å². The zero-order chi connectivity index (χ0) is 28.5. The normalized spacial score (nSPS) is 26.4. The molecule has 2 unspecified atom stereocenters. The lowest BCUT2D eigenvalue weighted by Gasteiger charge is -2.26. The van der Waals surface area contributed by atoms with Gasteiger partial charge in [-0.25, -0.2) is 15.0 Å². The summed E-state index contributed by atoms with van der Waals surface area (Å²) >= 11 is 0. The van der Waals surface area contributed by atoms with E-state index in [4.69, 9.17) is 4.74 Å². The van der Waals surface area contributed by atoms with Crippen molar-refractivity contribution in [2.45, 2.75) is 50.1 Å². The number of carboxylic acids is 1. The number of likely N-dealkylation sites (tertiary alicyclic amines) is 2. The number of hydrogen-bond acceptors (Lipinski definition) is 6. The molecular weight excluding hydrogens is 522 g/mol. The van der Waals surface area contributed by atoms with Crippen molar-refractivity contribution in [1.82, 2.24) is 20.5 Å². The van der Waals surface area contributed by atoms with E-state index in [9.17, 15) is 19.5 Å². The second-order valence-corrected chi connectivity index (χ2v) is 11.7. The highest BCUT2D eigenvalue weighted by molar-refractivity contribution is 5.97. The van der Waals surface area contributed by atoms with Gasteiger partial charge in [0.1, 0.15) is 6.61 Å². The molecule has 2 heterocycles. The molecule has 2 atom stereocenters. The number of rotatable bonds is 6. The van der Waals surface area contributed by atoms with Crippen LogP contribution in [0.4, 0.5) is 9.59 Å². The summed E-state index contributed by atoms with van der Waals surface area (Å²) in [6.07, 6.45) is 3.32. The molecule has 3 fully saturated rings. The van der Waals surface area contributed by atoms with Gasteiger partial charge in [-0.05, 0) is 67.3 Å². The number of nitrogens with zero attached hydrogens (tertiary/aromatic N) is 3. The van der Waals surface area contributed by atoms with Crippen LogP contribution in [0.15, 0.2) is 53.6 Å². The number of hydrazone groups is 1. The molecule has 0 aromatic heterocycles. The number of nitrogens with one attached hydrogen (secondary N) is 2. The number of carboxylic acid groups (broad SMARTS) is 1. The molecule has 0 radical (unpaired) electrons. The predicted molar refractivity (Wildman–Crippen MR) is 154 cm³/mol. The van der Waals surface area contributed by atoms with E-state index in [1.807, 2.05) is 31.3 Å². The Hall–Kier alpha value is -3.92. The van der Waals surface area contributed by atoms with E-state index in [1.54, 1.807) is 4.90 Å². The Bertz CT molecular complexity index is 1310. The highest BCUT2D eigenvalue weighted by Crippen LogP contribution is 2.44. The van der Waals surface area contributed by atoms with Gasteiger partial charge in [0, 0.05) is 31.6 Å². The number of hydrogen-bond donors (Lipinski definition) is 3. The van der Waals surface area contributed by atoms with E-state index in [1.165, 1.54) is 22.3 Å². The first kappa shape index (κ1) is 27.3. The third-order valence-electron chi connectivity index (χ3n) is 9.30. The quantitative estimate of drug-likeness (QED) is 0.462. The minimum absolute atomic E-state index is 0.00585. The van der Waals surface area contributed by atoms with E-state index in [2.05, 4.69) is 45.0 Å². The lowest BCUT2D eigenvalue weighted by molar-refractivity contribution is -0.143. The SMILES string of the molecule is CN1C/C(=N\NC(=O)NCC2CCC(C(=O)O)CC2)C2C1CCN2C(=O)OCC1c2ccccc2-c2ccccc21. The summed E-state index contributed by atoms with van der Waals surface area (Å²) in [6.45, 7) is 1.88. The average molecular weight is 560 g/mol. The molecule has 2 aliphatic carbocycles. The summed E-state index contributed by atoms with van der Waals surface area (Å²) in [5.74, 6) is -0.743. The maximum atomic E-state index is 13.4. The number of amides is 3. The molecule has 0 spiro atoms. The maximum absolute atomic E-state index is 13.4. The molecule has 2 aliphatic heterocycles. The van der Waals surface area contributed by atoms with Gasteiger partial charge >= 0.3 is 18.1 Å². The molecule has 10 heteroatoms. The first-order valence-electron chi connectivity index (χ1n) is 14.6. The number of fused-ring (bicyclic) bond motifs is 4. The Morgan fingerprint density at radius 3 is 2.29 bits per heavy atom. The molecule has 216 valence electrons. The number of benzene rings is 2. The zero-order valence-corrected chi connectivity index (χ0v) is 23.3. The van der Waals surface area contributed by atoms with Crippen molar-refractivity contribution in [2.75, 3.05) is 33.3 Å². The first-order chi connectivity index (χ1) is 19.9. The molecule has 6 rings (SSSR count). The Kier molecular flexibility index (Phi) is 7.66. The van der Waals surface area contributed by atoms with E-state index in [0.29, 0.717) is 32.5 Å². The van der Waals surface area contributed by atoms with Crippen LogP contribution in [0.5, 0.6) is 0 Å². The van der Waals surface area contributed by atoms with Crippen LogP contribution in [-0.4, -0.2) is 84.1 Å². The highest BCUT2D eigenvalue weighted by atomic mass is 16.6. The molecule has 10 nitrogen and oxygen atoms in total. The number of carbonyl (C=O) groups excluding carboxylic acids is 2. The van der Waals surface area contributed by atoms with Gasteiger partial charge in [-0.2, -0.15) is 5.10 Å². The smallest absolute Gasteiger partial charge is 0.410 e. The van der Waals surface area contributed by atoms with Gasteiger partial charge < -0.3 is 15.2 Å². The molecule has 41 heavy (non-hydrogen) atoms. The number of ether oxygens (including phenoxy) is 1. The Morgan fingerprint density at radius 1 is 0.976 bits per heavy atom. The number of urea groups is 1. The molecule has 0 bridgehead atoms. The molecule has 3 amide bonds. The molecule has 2 aromatic rings. The van der Waals surface area contributed by atoms with Gasteiger partial charge in [0.25, 0.3) is 0 Å². The van der Waals surface area contributed by atoms with Gasteiger partial charge in [0.2, 0.25) is 0 Å². The van der Waals surface area contributed by atoms with E-state index < -0.39 is 12.0 Å². The molecule has 2 saturated heterocycles. The average Bonchev–Trinajstić information content (AvgIpc) is 3.66. The van der Waals surface area contributed by atoms with Crippen LogP contribution >= 0.6 is 0 Å². The Balaban J connectivity index is 1.05. The van der Waals surface area contributed by atoms with Crippen molar-refractivity contribution in [3.63, 3.8) is 0 Å². The van der Waals surface area contributed by atoms with Crippen molar-refractivity contribution in [1.29, 1.82) is 0 Å². The fourth-order valence-corrected chi connectivity index (χ4v) is 7.10.